The second-order valence-corrected chi connectivity index (χ2v) is 8.27. The lowest BCUT2D eigenvalue weighted by atomic mass is 10.1. The number of halogens is 2. The normalized spacial score (nSPS) is 16.2. The van der Waals surface area contributed by atoms with E-state index in [0.717, 1.165) is 10.3 Å². The number of amides is 1. The number of aliphatic carboxylic acids is 1. The Hall–Kier alpha value is -2.35. The number of aromatic nitrogens is 1. The number of carbonyl (C=O) groups is 2. The molecule has 3 aromatic rings. The first-order chi connectivity index (χ1) is 13.3. The third-order valence-electron chi connectivity index (χ3n) is 4.43. The van der Waals surface area contributed by atoms with E-state index in [4.69, 9.17) is 33.0 Å². The summed E-state index contributed by atoms with van der Waals surface area (Å²) in [6.07, 6.45) is -1.50. The molecule has 1 amide bonds. The summed E-state index contributed by atoms with van der Waals surface area (Å²) >= 11 is 13.7. The van der Waals surface area contributed by atoms with Crippen LogP contribution in [0.25, 0.3) is 10.2 Å². The summed E-state index contributed by atoms with van der Waals surface area (Å²) in [6, 6.07) is 8.98. The maximum absolute atomic E-state index is 12.9. The third-order valence-corrected chi connectivity index (χ3v) is 6.23. The van der Waals surface area contributed by atoms with Crippen molar-refractivity contribution in [2.75, 3.05) is 4.90 Å². The number of carboxylic acids is 1. The van der Waals surface area contributed by atoms with E-state index in [0.29, 0.717) is 32.0 Å². The zero-order valence-corrected chi connectivity index (χ0v) is 16.9. The maximum atomic E-state index is 12.9. The number of para-hydroxylation sites is 1. The molecule has 6 nitrogen and oxygen atoms in total. The van der Waals surface area contributed by atoms with Gasteiger partial charge >= 0.3 is 5.97 Å². The van der Waals surface area contributed by atoms with Crippen molar-refractivity contribution in [3.8, 4) is 5.75 Å². The fourth-order valence-electron chi connectivity index (χ4n) is 3.12. The van der Waals surface area contributed by atoms with E-state index in [9.17, 15) is 9.59 Å². The summed E-state index contributed by atoms with van der Waals surface area (Å²) < 4.78 is 6.58. The number of fused-ring (bicyclic) bond motifs is 2. The number of benzene rings is 2. The van der Waals surface area contributed by atoms with Crippen molar-refractivity contribution >= 4 is 62.3 Å². The van der Waals surface area contributed by atoms with Crippen molar-refractivity contribution in [2.24, 2.45) is 0 Å². The first kappa shape index (κ1) is 19.0. The summed E-state index contributed by atoms with van der Waals surface area (Å²) in [5.41, 5.74) is 2.00. The van der Waals surface area contributed by atoms with Gasteiger partial charge < -0.3 is 9.84 Å². The summed E-state index contributed by atoms with van der Waals surface area (Å²) in [5, 5.41) is 10.6. The molecule has 0 spiro atoms. The van der Waals surface area contributed by atoms with Crippen LogP contribution in [0.5, 0.6) is 5.75 Å². The highest BCUT2D eigenvalue weighted by atomic mass is 35.5. The SMILES string of the molecule is Cc1cccc2c1OC(CC(=O)O)C(=O)N2Cc1nc2c(Cl)c(Cl)ccc2s1. The topological polar surface area (TPSA) is 79.7 Å². The van der Waals surface area contributed by atoms with E-state index >= 15 is 0 Å². The maximum Gasteiger partial charge on any atom is 0.307 e. The molecule has 1 unspecified atom stereocenters. The Morgan fingerprint density at radius 1 is 1.32 bits per heavy atom. The van der Waals surface area contributed by atoms with E-state index in [1.807, 2.05) is 25.1 Å². The molecule has 2 aromatic carbocycles. The van der Waals surface area contributed by atoms with E-state index in [1.54, 1.807) is 12.1 Å². The minimum Gasteiger partial charge on any atom is -0.481 e. The first-order valence-corrected chi connectivity index (χ1v) is 9.95. The van der Waals surface area contributed by atoms with Crippen molar-refractivity contribution in [1.29, 1.82) is 0 Å². The molecular formula is C19H14Cl2N2O4S. The lowest BCUT2D eigenvalue weighted by molar-refractivity contribution is -0.142. The quantitative estimate of drug-likeness (QED) is 0.641. The zero-order chi connectivity index (χ0) is 20.0. The van der Waals surface area contributed by atoms with Gasteiger partial charge in [-0.05, 0) is 30.7 Å². The van der Waals surface area contributed by atoms with Crippen molar-refractivity contribution < 1.29 is 19.4 Å². The van der Waals surface area contributed by atoms with E-state index in [-0.39, 0.29) is 6.54 Å². The highest BCUT2D eigenvalue weighted by Crippen LogP contribution is 2.39. The summed E-state index contributed by atoms with van der Waals surface area (Å²) in [7, 11) is 0. The molecule has 1 aliphatic rings. The van der Waals surface area contributed by atoms with Crippen molar-refractivity contribution in [3.63, 3.8) is 0 Å². The predicted octanol–water partition coefficient (Wildman–Crippen LogP) is 4.68. The minimum absolute atomic E-state index is 0.183. The van der Waals surface area contributed by atoms with Crippen LogP contribution in [0.1, 0.15) is 17.0 Å². The summed E-state index contributed by atoms with van der Waals surface area (Å²) in [5.74, 6) is -1.00. The Balaban J connectivity index is 1.75. The van der Waals surface area contributed by atoms with Gasteiger partial charge in [0.1, 0.15) is 16.3 Å². The first-order valence-electron chi connectivity index (χ1n) is 8.38. The number of aryl methyl sites for hydroxylation is 1. The Morgan fingerprint density at radius 3 is 2.86 bits per heavy atom. The van der Waals surface area contributed by atoms with Gasteiger partial charge in [-0.15, -0.1) is 11.3 Å². The molecule has 1 atom stereocenters. The second kappa shape index (κ2) is 7.24. The number of ether oxygens (including phenoxy) is 1. The van der Waals surface area contributed by atoms with Gasteiger partial charge in [-0.2, -0.15) is 0 Å². The fraction of sp³-hybridized carbons (Fsp3) is 0.211. The molecule has 0 aliphatic carbocycles. The van der Waals surface area contributed by atoms with Gasteiger partial charge in [0, 0.05) is 0 Å². The molecule has 0 bridgehead atoms. The molecular weight excluding hydrogens is 423 g/mol. The van der Waals surface area contributed by atoms with Crippen LogP contribution in [0.3, 0.4) is 0 Å². The van der Waals surface area contributed by atoms with Crippen molar-refractivity contribution in [3.05, 3.63) is 50.9 Å². The highest BCUT2D eigenvalue weighted by Gasteiger charge is 2.37. The number of nitrogens with zero attached hydrogens (tertiary/aromatic N) is 2. The van der Waals surface area contributed by atoms with Crippen LogP contribution in [-0.4, -0.2) is 28.1 Å². The number of carbonyl (C=O) groups excluding carboxylic acids is 1. The van der Waals surface area contributed by atoms with Gasteiger partial charge in [0.15, 0.2) is 6.10 Å². The largest absolute Gasteiger partial charge is 0.481 e. The monoisotopic (exact) mass is 436 g/mol. The number of thiazole rings is 1. The number of rotatable bonds is 4. The Bertz CT molecular complexity index is 1110. The van der Waals surface area contributed by atoms with Crippen molar-refractivity contribution in [1.82, 2.24) is 4.98 Å². The molecule has 28 heavy (non-hydrogen) atoms. The Morgan fingerprint density at radius 2 is 2.11 bits per heavy atom. The van der Waals surface area contributed by atoms with Crippen LogP contribution >= 0.6 is 34.5 Å². The number of hydrogen-bond acceptors (Lipinski definition) is 5. The molecule has 4 rings (SSSR count). The number of hydrogen-bond donors (Lipinski definition) is 1. The molecule has 0 radical (unpaired) electrons. The lowest BCUT2D eigenvalue weighted by Crippen LogP contribution is -2.46. The molecule has 1 aliphatic heterocycles. The molecule has 0 saturated heterocycles. The van der Waals surface area contributed by atoms with Crippen LogP contribution in [0.4, 0.5) is 5.69 Å². The molecule has 1 aromatic heterocycles. The van der Waals surface area contributed by atoms with E-state index in [2.05, 4.69) is 4.98 Å². The van der Waals surface area contributed by atoms with Crippen LogP contribution in [0.2, 0.25) is 10.0 Å². The standard InChI is InChI=1S/C19H14Cl2N2O4S/c1-9-3-2-4-11-18(9)27-12(7-15(24)25)19(26)23(11)8-14-22-17-13(28-14)6-5-10(20)16(17)21/h2-6,12H,7-8H2,1H3,(H,24,25). The van der Waals surface area contributed by atoms with Crippen LogP contribution < -0.4 is 9.64 Å². The number of anilines is 1. The number of carboxylic acid groups (broad SMARTS) is 1. The summed E-state index contributed by atoms with van der Waals surface area (Å²) in [6.45, 7) is 2.03. The second-order valence-electron chi connectivity index (χ2n) is 6.37. The lowest BCUT2D eigenvalue weighted by Gasteiger charge is -2.34. The minimum atomic E-state index is -1.10. The van der Waals surface area contributed by atoms with Gasteiger partial charge in [-0.25, -0.2) is 4.98 Å². The average Bonchev–Trinajstić information content (AvgIpc) is 3.06. The van der Waals surface area contributed by atoms with Crippen LogP contribution in [0, 0.1) is 6.92 Å². The van der Waals surface area contributed by atoms with Gasteiger partial charge in [0.25, 0.3) is 5.91 Å². The van der Waals surface area contributed by atoms with Gasteiger partial charge in [-0.1, -0.05) is 35.3 Å². The fourth-order valence-corrected chi connectivity index (χ4v) is 4.51. The Labute approximate surface area is 174 Å². The van der Waals surface area contributed by atoms with E-state index in [1.165, 1.54) is 16.2 Å². The highest BCUT2D eigenvalue weighted by molar-refractivity contribution is 7.18. The molecule has 1 N–H and O–H groups in total. The van der Waals surface area contributed by atoms with Crippen molar-refractivity contribution in [2.45, 2.75) is 26.0 Å². The van der Waals surface area contributed by atoms with Gasteiger partial charge in [0.2, 0.25) is 0 Å². The van der Waals surface area contributed by atoms with Crippen LogP contribution in [0.15, 0.2) is 30.3 Å². The molecule has 144 valence electrons. The molecule has 2 heterocycles. The van der Waals surface area contributed by atoms with Crippen LogP contribution in [-0.2, 0) is 16.1 Å². The average molecular weight is 437 g/mol. The summed E-state index contributed by atoms with van der Waals surface area (Å²) in [4.78, 5) is 30.2. The van der Waals surface area contributed by atoms with Gasteiger partial charge in [0.05, 0.1) is 33.4 Å². The molecule has 0 fully saturated rings. The molecule has 9 heteroatoms. The van der Waals surface area contributed by atoms with Gasteiger partial charge in [-0.3, -0.25) is 14.5 Å². The smallest absolute Gasteiger partial charge is 0.307 e. The third kappa shape index (κ3) is 3.30. The molecule has 0 saturated carbocycles. The van der Waals surface area contributed by atoms with E-state index < -0.39 is 24.4 Å². The zero-order valence-electron chi connectivity index (χ0n) is 14.6. The predicted molar refractivity (Wildman–Crippen MR) is 109 cm³/mol. The Kier molecular flexibility index (Phi) is 4.91.